The maximum absolute atomic E-state index is 10.9. The van der Waals surface area contributed by atoms with Gasteiger partial charge in [0.25, 0.3) is 0 Å². The molecule has 0 fully saturated rings. The van der Waals surface area contributed by atoms with Gasteiger partial charge in [0, 0.05) is 18.8 Å². The molecule has 0 aliphatic rings. The average molecular weight is 208 g/mol. The third-order valence-electron chi connectivity index (χ3n) is 1.18. The van der Waals surface area contributed by atoms with Crippen LogP contribution in [-0.4, -0.2) is 39.0 Å². The first-order valence-corrected chi connectivity index (χ1v) is 6.09. The Labute approximate surface area is 78.8 Å². The van der Waals surface area contributed by atoms with E-state index in [2.05, 4.69) is 10.6 Å². The molecule has 5 nitrogen and oxygen atoms in total. The van der Waals surface area contributed by atoms with E-state index in [1.54, 1.807) is 0 Å². The highest BCUT2D eigenvalue weighted by molar-refractivity contribution is 7.90. The summed E-state index contributed by atoms with van der Waals surface area (Å²) in [6.07, 6.45) is 1.13. The fourth-order valence-electron chi connectivity index (χ4n) is 0.663. The van der Waals surface area contributed by atoms with Crippen LogP contribution in [0, 0.1) is 0 Å². The van der Waals surface area contributed by atoms with E-state index in [0.717, 1.165) is 6.26 Å². The summed E-state index contributed by atoms with van der Waals surface area (Å²) in [6.45, 7) is 3.81. The molecule has 0 saturated heterocycles. The number of carbonyl (C=O) groups is 1. The van der Waals surface area contributed by atoms with E-state index in [4.69, 9.17) is 0 Å². The molecule has 0 aromatic carbocycles. The van der Waals surface area contributed by atoms with Crippen LogP contribution in [0.2, 0.25) is 0 Å². The predicted molar refractivity (Wildman–Crippen MR) is 51.4 cm³/mol. The number of urea groups is 1. The van der Waals surface area contributed by atoms with E-state index in [1.807, 2.05) is 13.8 Å². The standard InChI is InChI=1S/C7H16N2O3S/c1-6(2)9-7(10)8-4-5-13(3,11)12/h6H,4-5H2,1-3H3,(H2,8,9,10). The summed E-state index contributed by atoms with van der Waals surface area (Å²) in [5.74, 6) is -0.0293. The molecule has 2 amide bonds. The Balaban J connectivity index is 3.61. The Bertz CT molecular complexity index is 259. The zero-order valence-electron chi connectivity index (χ0n) is 8.12. The second kappa shape index (κ2) is 5.06. The lowest BCUT2D eigenvalue weighted by atomic mass is 10.4. The van der Waals surface area contributed by atoms with E-state index < -0.39 is 9.84 Å². The Morgan fingerprint density at radius 1 is 1.38 bits per heavy atom. The highest BCUT2D eigenvalue weighted by Gasteiger charge is 2.04. The lowest BCUT2D eigenvalue weighted by molar-refractivity contribution is 0.239. The van der Waals surface area contributed by atoms with E-state index in [1.165, 1.54) is 0 Å². The van der Waals surface area contributed by atoms with Gasteiger partial charge < -0.3 is 10.6 Å². The summed E-state index contributed by atoms with van der Waals surface area (Å²) in [5.41, 5.74) is 0. The largest absolute Gasteiger partial charge is 0.337 e. The third kappa shape index (κ3) is 9.13. The predicted octanol–water partition coefficient (Wildman–Crippen LogP) is -0.261. The molecule has 0 rings (SSSR count). The van der Waals surface area contributed by atoms with Crippen LogP contribution in [0.4, 0.5) is 4.79 Å². The molecule has 78 valence electrons. The maximum atomic E-state index is 10.9. The van der Waals surface area contributed by atoms with Crippen LogP contribution >= 0.6 is 0 Å². The van der Waals surface area contributed by atoms with Gasteiger partial charge in [-0.1, -0.05) is 0 Å². The fraction of sp³-hybridized carbons (Fsp3) is 0.857. The van der Waals surface area contributed by atoms with Gasteiger partial charge >= 0.3 is 6.03 Å². The van der Waals surface area contributed by atoms with Gasteiger partial charge in [-0.3, -0.25) is 0 Å². The number of nitrogens with one attached hydrogen (secondary N) is 2. The second-order valence-corrected chi connectivity index (χ2v) is 5.44. The summed E-state index contributed by atoms with van der Waals surface area (Å²) in [6, 6.07) is -0.281. The highest BCUT2D eigenvalue weighted by Crippen LogP contribution is 1.80. The van der Waals surface area contributed by atoms with Crippen molar-refractivity contribution in [1.82, 2.24) is 10.6 Å². The summed E-state index contributed by atoms with van der Waals surface area (Å²) < 4.78 is 21.3. The van der Waals surface area contributed by atoms with Crippen molar-refractivity contribution in [2.75, 3.05) is 18.6 Å². The molecule has 0 aromatic heterocycles. The van der Waals surface area contributed by atoms with Crippen molar-refractivity contribution in [3.05, 3.63) is 0 Å². The summed E-state index contributed by atoms with van der Waals surface area (Å²) in [7, 11) is -2.99. The molecule has 0 aromatic rings. The molecule has 0 unspecified atom stereocenters. The molecule has 0 heterocycles. The van der Waals surface area contributed by atoms with Gasteiger partial charge in [-0.25, -0.2) is 13.2 Å². The molecule has 2 N–H and O–H groups in total. The zero-order chi connectivity index (χ0) is 10.5. The molecule has 6 heteroatoms. The molecule has 0 bridgehead atoms. The van der Waals surface area contributed by atoms with Crippen LogP contribution < -0.4 is 10.6 Å². The molecular formula is C7H16N2O3S. The minimum absolute atomic E-state index is 0.0293. The van der Waals surface area contributed by atoms with E-state index in [0.29, 0.717) is 0 Å². The third-order valence-corrected chi connectivity index (χ3v) is 2.12. The van der Waals surface area contributed by atoms with E-state index >= 15 is 0 Å². The molecule has 0 atom stereocenters. The maximum Gasteiger partial charge on any atom is 0.315 e. The number of amides is 2. The molecule has 0 aliphatic carbocycles. The van der Waals surface area contributed by atoms with Crippen molar-refractivity contribution in [2.45, 2.75) is 19.9 Å². The SMILES string of the molecule is CC(C)NC(=O)NCCS(C)(=O)=O. The molecule has 0 saturated carbocycles. The summed E-state index contributed by atoms with van der Waals surface area (Å²) >= 11 is 0. The smallest absolute Gasteiger partial charge is 0.315 e. The molecule has 0 radical (unpaired) electrons. The van der Waals surface area contributed by atoms with Crippen LogP contribution in [0.3, 0.4) is 0 Å². The van der Waals surface area contributed by atoms with Crippen molar-refractivity contribution in [3.63, 3.8) is 0 Å². The Morgan fingerprint density at radius 2 is 1.92 bits per heavy atom. The zero-order valence-corrected chi connectivity index (χ0v) is 8.94. The molecule has 13 heavy (non-hydrogen) atoms. The average Bonchev–Trinajstić information content (AvgIpc) is 1.81. The minimum atomic E-state index is -2.99. The number of sulfone groups is 1. The first kappa shape index (κ1) is 12.2. The van der Waals surface area contributed by atoms with Crippen molar-refractivity contribution in [3.8, 4) is 0 Å². The van der Waals surface area contributed by atoms with Gasteiger partial charge in [-0.15, -0.1) is 0 Å². The van der Waals surface area contributed by atoms with Crippen LogP contribution in [0.15, 0.2) is 0 Å². The number of carbonyl (C=O) groups excluding carboxylic acids is 1. The number of hydrogen-bond acceptors (Lipinski definition) is 3. The van der Waals surface area contributed by atoms with Gasteiger partial charge in [0.1, 0.15) is 9.84 Å². The molecule has 0 aliphatic heterocycles. The van der Waals surface area contributed by atoms with Crippen molar-refractivity contribution >= 4 is 15.9 Å². The quantitative estimate of drug-likeness (QED) is 0.668. The van der Waals surface area contributed by atoms with Crippen molar-refractivity contribution in [1.29, 1.82) is 0 Å². The van der Waals surface area contributed by atoms with Gasteiger partial charge in [0.2, 0.25) is 0 Å². The van der Waals surface area contributed by atoms with E-state index in [9.17, 15) is 13.2 Å². The van der Waals surface area contributed by atoms with E-state index in [-0.39, 0.29) is 24.4 Å². The first-order chi connectivity index (χ1) is 5.81. The Hall–Kier alpha value is -0.780. The molecular weight excluding hydrogens is 192 g/mol. The van der Waals surface area contributed by atoms with Gasteiger partial charge in [-0.05, 0) is 13.8 Å². The molecule has 0 spiro atoms. The lowest BCUT2D eigenvalue weighted by Gasteiger charge is -2.09. The minimum Gasteiger partial charge on any atom is -0.337 e. The van der Waals surface area contributed by atoms with Gasteiger partial charge in [-0.2, -0.15) is 0 Å². The van der Waals surface area contributed by atoms with Gasteiger partial charge in [0.15, 0.2) is 0 Å². The number of hydrogen-bond donors (Lipinski definition) is 2. The van der Waals surface area contributed by atoms with Crippen LogP contribution in [0.1, 0.15) is 13.8 Å². The van der Waals surface area contributed by atoms with Crippen LogP contribution in [-0.2, 0) is 9.84 Å². The van der Waals surface area contributed by atoms with Crippen molar-refractivity contribution in [2.24, 2.45) is 0 Å². The van der Waals surface area contributed by atoms with Crippen LogP contribution in [0.25, 0.3) is 0 Å². The Kier molecular flexibility index (Phi) is 4.76. The fourth-order valence-corrected chi connectivity index (χ4v) is 1.14. The normalized spacial score (nSPS) is 11.4. The summed E-state index contributed by atoms with van der Waals surface area (Å²) in [4.78, 5) is 10.9. The first-order valence-electron chi connectivity index (χ1n) is 4.03. The highest BCUT2D eigenvalue weighted by atomic mass is 32.2. The monoisotopic (exact) mass is 208 g/mol. The Morgan fingerprint density at radius 3 is 2.31 bits per heavy atom. The second-order valence-electron chi connectivity index (χ2n) is 3.18. The van der Waals surface area contributed by atoms with Crippen molar-refractivity contribution < 1.29 is 13.2 Å². The lowest BCUT2D eigenvalue weighted by Crippen LogP contribution is -2.41. The van der Waals surface area contributed by atoms with Crippen LogP contribution in [0.5, 0.6) is 0 Å². The number of rotatable bonds is 4. The van der Waals surface area contributed by atoms with Gasteiger partial charge in [0.05, 0.1) is 5.75 Å². The topological polar surface area (TPSA) is 75.3 Å². The summed E-state index contributed by atoms with van der Waals surface area (Å²) in [5, 5.41) is 5.03.